The lowest BCUT2D eigenvalue weighted by atomic mass is 10.0. The van der Waals surface area contributed by atoms with Crippen LogP contribution in [0, 0.1) is 0 Å². The van der Waals surface area contributed by atoms with Crippen LogP contribution in [-0.2, 0) is 0 Å². The molecule has 0 saturated carbocycles. The standard InChI is InChI=1S/C20H12Cl3NO3/c21-15-8-6-12(20(26)27)10-14(15)19(25)24-18-16(22)9-7-13(17(18)23)11-4-2-1-3-5-11/h1-10H,(H,24,25)(H,26,27). The molecule has 1 amide bonds. The lowest BCUT2D eigenvalue weighted by molar-refractivity contribution is 0.0697. The van der Waals surface area contributed by atoms with Gasteiger partial charge in [-0.3, -0.25) is 4.79 Å². The Balaban J connectivity index is 2.00. The van der Waals surface area contributed by atoms with E-state index in [0.717, 1.165) is 5.56 Å². The van der Waals surface area contributed by atoms with Gasteiger partial charge in [0.05, 0.1) is 31.9 Å². The first-order valence-corrected chi connectivity index (χ1v) is 8.89. The third-order valence-corrected chi connectivity index (χ3v) is 4.91. The van der Waals surface area contributed by atoms with Gasteiger partial charge in [0.25, 0.3) is 5.91 Å². The van der Waals surface area contributed by atoms with E-state index in [4.69, 9.17) is 39.9 Å². The van der Waals surface area contributed by atoms with Crippen LogP contribution in [0.4, 0.5) is 5.69 Å². The minimum Gasteiger partial charge on any atom is -0.478 e. The van der Waals surface area contributed by atoms with E-state index in [1.165, 1.54) is 18.2 Å². The van der Waals surface area contributed by atoms with Gasteiger partial charge in [-0.25, -0.2) is 4.79 Å². The molecular formula is C20H12Cl3NO3. The maximum Gasteiger partial charge on any atom is 0.335 e. The third-order valence-electron chi connectivity index (χ3n) is 3.87. The second-order valence-corrected chi connectivity index (χ2v) is 6.80. The number of benzene rings is 3. The summed E-state index contributed by atoms with van der Waals surface area (Å²) >= 11 is 18.7. The van der Waals surface area contributed by atoms with Gasteiger partial charge in [-0.15, -0.1) is 0 Å². The average Bonchev–Trinajstić information content (AvgIpc) is 2.66. The summed E-state index contributed by atoms with van der Waals surface area (Å²) in [6.07, 6.45) is 0. The zero-order valence-electron chi connectivity index (χ0n) is 13.7. The van der Waals surface area contributed by atoms with Crippen LogP contribution in [0.5, 0.6) is 0 Å². The predicted molar refractivity (Wildman–Crippen MR) is 108 cm³/mol. The lowest BCUT2D eigenvalue weighted by Crippen LogP contribution is -2.14. The van der Waals surface area contributed by atoms with Gasteiger partial charge in [-0.1, -0.05) is 71.2 Å². The zero-order chi connectivity index (χ0) is 19.6. The monoisotopic (exact) mass is 419 g/mol. The van der Waals surface area contributed by atoms with Crippen LogP contribution in [-0.4, -0.2) is 17.0 Å². The summed E-state index contributed by atoms with van der Waals surface area (Å²) in [5.41, 5.74) is 1.73. The molecule has 136 valence electrons. The number of rotatable bonds is 4. The molecule has 27 heavy (non-hydrogen) atoms. The number of hydrogen-bond donors (Lipinski definition) is 2. The number of carbonyl (C=O) groups is 2. The zero-order valence-corrected chi connectivity index (χ0v) is 15.9. The van der Waals surface area contributed by atoms with Gasteiger partial charge < -0.3 is 10.4 Å². The number of carbonyl (C=O) groups excluding carboxylic acids is 1. The second-order valence-electron chi connectivity index (χ2n) is 5.60. The Bertz CT molecular complexity index is 1040. The van der Waals surface area contributed by atoms with E-state index >= 15 is 0 Å². The molecule has 2 N–H and O–H groups in total. The van der Waals surface area contributed by atoms with Crippen LogP contribution in [0.3, 0.4) is 0 Å². The number of aromatic carboxylic acids is 1. The van der Waals surface area contributed by atoms with Gasteiger partial charge in [0.15, 0.2) is 0 Å². The average molecular weight is 421 g/mol. The van der Waals surface area contributed by atoms with E-state index in [1.807, 2.05) is 30.3 Å². The number of carboxylic acid groups (broad SMARTS) is 1. The molecule has 0 atom stereocenters. The molecule has 0 aliphatic heterocycles. The molecule has 0 spiro atoms. The first-order chi connectivity index (χ1) is 12.9. The van der Waals surface area contributed by atoms with Crippen LogP contribution in [0.15, 0.2) is 60.7 Å². The molecule has 0 unspecified atom stereocenters. The Hall–Kier alpha value is -2.53. The van der Waals surface area contributed by atoms with Crippen molar-refractivity contribution in [1.82, 2.24) is 0 Å². The maximum absolute atomic E-state index is 12.7. The van der Waals surface area contributed by atoms with E-state index in [1.54, 1.807) is 12.1 Å². The summed E-state index contributed by atoms with van der Waals surface area (Å²) in [6.45, 7) is 0. The molecule has 0 fully saturated rings. The quantitative estimate of drug-likeness (QED) is 0.523. The molecule has 4 nitrogen and oxygen atoms in total. The van der Waals surface area contributed by atoms with Crippen molar-refractivity contribution in [3.05, 3.63) is 86.9 Å². The van der Waals surface area contributed by atoms with Crippen LogP contribution in [0.1, 0.15) is 20.7 Å². The van der Waals surface area contributed by atoms with Gasteiger partial charge in [-0.05, 0) is 29.8 Å². The van der Waals surface area contributed by atoms with Crippen molar-refractivity contribution < 1.29 is 14.7 Å². The van der Waals surface area contributed by atoms with Gasteiger partial charge in [-0.2, -0.15) is 0 Å². The molecule has 3 aromatic rings. The minimum atomic E-state index is -1.16. The Morgan fingerprint density at radius 3 is 2.19 bits per heavy atom. The number of anilines is 1. The molecule has 0 heterocycles. The first-order valence-electron chi connectivity index (χ1n) is 7.76. The van der Waals surface area contributed by atoms with E-state index in [2.05, 4.69) is 5.32 Å². The van der Waals surface area contributed by atoms with Gasteiger partial charge >= 0.3 is 5.97 Å². The van der Waals surface area contributed by atoms with E-state index < -0.39 is 11.9 Å². The van der Waals surface area contributed by atoms with Crippen LogP contribution >= 0.6 is 34.8 Å². The number of amides is 1. The Labute approximate surface area is 170 Å². The van der Waals surface area contributed by atoms with E-state index in [-0.39, 0.29) is 31.9 Å². The summed E-state index contributed by atoms with van der Waals surface area (Å²) in [5, 5.41) is 12.4. The number of halogens is 3. The summed E-state index contributed by atoms with van der Waals surface area (Å²) in [4.78, 5) is 23.8. The van der Waals surface area contributed by atoms with Gasteiger partial charge in [0, 0.05) is 5.56 Å². The topological polar surface area (TPSA) is 66.4 Å². The summed E-state index contributed by atoms with van der Waals surface area (Å²) in [7, 11) is 0. The first kappa shape index (κ1) is 19.2. The van der Waals surface area contributed by atoms with Crippen LogP contribution in [0.2, 0.25) is 15.1 Å². The summed E-state index contributed by atoms with van der Waals surface area (Å²) in [6, 6.07) is 16.6. The highest BCUT2D eigenvalue weighted by Gasteiger charge is 2.18. The number of hydrogen-bond acceptors (Lipinski definition) is 2. The Morgan fingerprint density at radius 1 is 0.852 bits per heavy atom. The van der Waals surface area contributed by atoms with Crippen molar-refractivity contribution in [3.8, 4) is 11.1 Å². The lowest BCUT2D eigenvalue weighted by Gasteiger charge is -2.14. The Morgan fingerprint density at radius 2 is 1.52 bits per heavy atom. The van der Waals surface area contributed by atoms with Crippen molar-refractivity contribution in [2.75, 3.05) is 5.32 Å². The van der Waals surface area contributed by atoms with E-state index in [0.29, 0.717) is 5.56 Å². The van der Waals surface area contributed by atoms with Crippen molar-refractivity contribution >= 4 is 52.4 Å². The fraction of sp³-hybridized carbons (Fsp3) is 0. The number of carboxylic acids is 1. The third kappa shape index (κ3) is 4.08. The fourth-order valence-electron chi connectivity index (χ4n) is 2.52. The molecule has 3 aromatic carbocycles. The normalized spacial score (nSPS) is 10.5. The maximum atomic E-state index is 12.7. The SMILES string of the molecule is O=C(O)c1ccc(Cl)c(C(=O)Nc2c(Cl)ccc(-c3ccccc3)c2Cl)c1. The minimum absolute atomic E-state index is 0.00816. The van der Waals surface area contributed by atoms with Crippen molar-refractivity contribution in [2.24, 2.45) is 0 Å². The van der Waals surface area contributed by atoms with Gasteiger partial charge in [0.1, 0.15) is 0 Å². The Kier molecular flexibility index (Phi) is 5.71. The largest absolute Gasteiger partial charge is 0.478 e. The molecule has 0 radical (unpaired) electrons. The second kappa shape index (κ2) is 8.01. The molecule has 0 aromatic heterocycles. The molecule has 0 aliphatic carbocycles. The number of nitrogens with one attached hydrogen (secondary N) is 1. The summed E-state index contributed by atoms with van der Waals surface area (Å²) < 4.78 is 0. The molecule has 0 aliphatic rings. The smallest absolute Gasteiger partial charge is 0.335 e. The highest BCUT2D eigenvalue weighted by Crippen LogP contribution is 2.39. The van der Waals surface area contributed by atoms with Crippen LogP contribution in [0.25, 0.3) is 11.1 Å². The molecule has 0 bridgehead atoms. The molecule has 0 saturated heterocycles. The van der Waals surface area contributed by atoms with E-state index in [9.17, 15) is 9.59 Å². The van der Waals surface area contributed by atoms with Crippen molar-refractivity contribution in [1.29, 1.82) is 0 Å². The van der Waals surface area contributed by atoms with Crippen molar-refractivity contribution in [2.45, 2.75) is 0 Å². The molecular weight excluding hydrogens is 409 g/mol. The van der Waals surface area contributed by atoms with Gasteiger partial charge in [0.2, 0.25) is 0 Å². The highest BCUT2D eigenvalue weighted by atomic mass is 35.5. The predicted octanol–water partition coefficient (Wildman–Crippen LogP) is 6.26. The molecule has 3 rings (SSSR count). The van der Waals surface area contributed by atoms with Crippen LogP contribution < -0.4 is 5.32 Å². The fourth-order valence-corrected chi connectivity index (χ4v) is 3.30. The molecule has 7 heteroatoms. The highest BCUT2D eigenvalue weighted by molar-refractivity contribution is 6.42. The summed E-state index contributed by atoms with van der Waals surface area (Å²) in [5.74, 6) is -1.78. The van der Waals surface area contributed by atoms with Crippen molar-refractivity contribution in [3.63, 3.8) is 0 Å².